The molecular weight excluding hydrogens is 262 g/mol. The lowest BCUT2D eigenvalue weighted by atomic mass is 9.88. The summed E-state index contributed by atoms with van der Waals surface area (Å²) in [4.78, 5) is 20.3. The number of hydrogen-bond acceptors (Lipinski definition) is 3. The van der Waals surface area contributed by atoms with Gasteiger partial charge in [0, 0.05) is 45.6 Å². The molecule has 0 N–H and O–H groups in total. The maximum atomic E-state index is 12.1. The Morgan fingerprint density at radius 2 is 2.32 bits per heavy atom. The van der Waals surface area contributed by atoms with Gasteiger partial charge in [0.15, 0.2) is 0 Å². The standard InChI is InChI=1S/C14H18ClN3O/c1-17-5-3-10-7-18(9-12(10)14(17)19)8-11-2-4-16-6-13(11)15/h2,4,6,10,12H,3,5,7-9H2,1H3/t10-,12+/m1/s1. The molecule has 0 aromatic carbocycles. The van der Waals surface area contributed by atoms with Gasteiger partial charge in [0.25, 0.3) is 0 Å². The smallest absolute Gasteiger partial charge is 0.227 e. The highest BCUT2D eigenvalue weighted by atomic mass is 35.5. The van der Waals surface area contributed by atoms with E-state index in [1.54, 1.807) is 12.4 Å². The first-order valence-corrected chi connectivity index (χ1v) is 7.08. The van der Waals surface area contributed by atoms with Crippen molar-refractivity contribution in [1.29, 1.82) is 0 Å². The van der Waals surface area contributed by atoms with Crippen molar-refractivity contribution >= 4 is 17.5 Å². The molecule has 0 saturated carbocycles. The molecule has 3 rings (SSSR count). The number of amides is 1. The molecule has 1 amide bonds. The van der Waals surface area contributed by atoms with Crippen LogP contribution in [0.25, 0.3) is 0 Å². The second-order valence-corrected chi connectivity index (χ2v) is 5.98. The number of carbonyl (C=O) groups excluding carboxylic acids is 1. The zero-order valence-electron chi connectivity index (χ0n) is 11.1. The summed E-state index contributed by atoms with van der Waals surface area (Å²) in [7, 11) is 1.90. The van der Waals surface area contributed by atoms with Crippen molar-refractivity contribution in [3.8, 4) is 0 Å². The number of hydrogen-bond donors (Lipinski definition) is 0. The highest BCUT2D eigenvalue weighted by Crippen LogP contribution is 2.32. The minimum Gasteiger partial charge on any atom is -0.345 e. The van der Waals surface area contributed by atoms with Crippen LogP contribution >= 0.6 is 11.6 Å². The Labute approximate surface area is 118 Å². The SMILES string of the molecule is CN1CC[C@@H]2CN(Cc3ccncc3Cl)C[C@@H]2C1=O. The second-order valence-electron chi connectivity index (χ2n) is 5.58. The molecule has 0 spiro atoms. The fraction of sp³-hybridized carbons (Fsp3) is 0.571. The van der Waals surface area contributed by atoms with Gasteiger partial charge in [-0.3, -0.25) is 14.7 Å². The Bertz CT molecular complexity index is 493. The highest BCUT2D eigenvalue weighted by Gasteiger charge is 2.41. The minimum atomic E-state index is 0.180. The molecule has 0 radical (unpaired) electrons. The fourth-order valence-corrected chi connectivity index (χ4v) is 3.37. The van der Waals surface area contributed by atoms with E-state index in [0.717, 1.165) is 38.2 Å². The van der Waals surface area contributed by atoms with Gasteiger partial charge in [0.2, 0.25) is 5.91 Å². The van der Waals surface area contributed by atoms with E-state index in [0.29, 0.717) is 16.8 Å². The molecule has 3 heterocycles. The molecule has 2 atom stereocenters. The maximum Gasteiger partial charge on any atom is 0.227 e. The number of carbonyl (C=O) groups is 1. The van der Waals surface area contributed by atoms with Crippen LogP contribution in [0.3, 0.4) is 0 Å². The Morgan fingerprint density at radius 3 is 3.11 bits per heavy atom. The fourth-order valence-electron chi connectivity index (χ4n) is 3.19. The number of rotatable bonds is 2. The summed E-state index contributed by atoms with van der Waals surface area (Å²) in [5.74, 6) is 1.00. The maximum absolute atomic E-state index is 12.1. The number of aromatic nitrogens is 1. The molecule has 102 valence electrons. The molecule has 2 aliphatic rings. The summed E-state index contributed by atoms with van der Waals surface area (Å²) in [5.41, 5.74) is 1.09. The van der Waals surface area contributed by atoms with Crippen molar-refractivity contribution < 1.29 is 4.79 Å². The summed E-state index contributed by atoms with van der Waals surface area (Å²) in [6, 6.07) is 1.96. The quantitative estimate of drug-likeness (QED) is 0.826. The molecule has 1 aromatic rings. The van der Waals surface area contributed by atoms with Crippen molar-refractivity contribution in [3.05, 3.63) is 29.0 Å². The van der Waals surface area contributed by atoms with Gasteiger partial charge in [-0.1, -0.05) is 11.6 Å². The molecule has 0 unspecified atom stereocenters. The van der Waals surface area contributed by atoms with E-state index in [1.165, 1.54) is 0 Å². The predicted molar refractivity (Wildman–Crippen MR) is 73.8 cm³/mol. The van der Waals surface area contributed by atoms with Gasteiger partial charge in [-0.15, -0.1) is 0 Å². The Morgan fingerprint density at radius 1 is 1.47 bits per heavy atom. The van der Waals surface area contributed by atoms with Gasteiger partial charge >= 0.3 is 0 Å². The van der Waals surface area contributed by atoms with Crippen LogP contribution in [0.2, 0.25) is 5.02 Å². The monoisotopic (exact) mass is 279 g/mol. The van der Waals surface area contributed by atoms with Crippen molar-refractivity contribution in [2.45, 2.75) is 13.0 Å². The van der Waals surface area contributed by atoms with Crippen LogP contribution in [0.15, 0.2) is 18.5 Å². The molecule has 2 aliphatic heterocycles. The Hall–Kier alpha value is -1.13. The summed E-state index contributed by atoms with van der Waals surface area (Å²) >= 11 is 6.14. The van der Waals surface area contributed by atoms with Crippen molar-refractivity contribution in [3.63, 3.8) is 0 Å². The van der Waals surface area contributed by atoms with Crippen LogP contribution in [0, 0.1) is 11.8 Å². The molecule has 19 heavy (non-hydrogen) atoms. The van der Waals surface area contributed by atoms with Crippen LogP contribution in [0.5, 0.6) is 0 Å². The molecule has 2 saturated heterocycles. The third-order valence-corrected chi connectivity index (χ3v) is 4.64. The van der Waals surface area contributed by atoms with Crippen LogP contribution in [-0.2, 0) is 11.3 Å². The predicted octanol–water partition coefficient (Wildman–Crippen LogP) is 1.65. The van der Waals surface area contributed by atoms with Crippen LogP contribution in [0.4, 0.5) is 0 Å². The lowest BCUT2D eigenvalue weighted by molar-refractivity contribution is -0.137. The average molecular weight is 280 g/mol. The van der Waals surface area contributed by atoms with Crippen LogP contribution in [0.1, 0.15) is 12.0 Å². The van der Waals surface area contributed by atoms with Crippen LogP contribution < -0.4 is 0 Å². The first kappa shape index (κ1) is 12.9. The van der Waals surface area contributed by atoms with E-state index >= 15 is 0 Å². The number of piperidine rings is 1. The lowest BCUT2D eigenvalue weighted by Crippen LogP contribution is -2.42. The minimum absolute atomic E-state index is 0.180. The van der Waals surface area contributed by atoms with E-state index in [4.69, 9.17) is 11.6 Å². The van der Waals surface area contributed by atoms with Crippen molar-refractivity contribution in [2.24, 2.45) is 11.8 Å². The molecular formula is C14H18ClN3O. The largest absolute Gasteiger partial charge is 0.345 e. The highest BCUT2D eigenvalue weighted by molar-refractivity contribution is 6.31. The third-order valence-electron chi connectivity index (χ3n) is 4.30. The Kier molecular flexibility index (Phi) is 3.46. The van der Waals surface area contributed by atoms with E-state index in [2.05, 4.69) is 9.88 Å². The first-order chi connectivity index (χ1) is 9.15. The normalized spacial score (nSPS) is 27.7. The summed E-state index contributed by atoms with van der Waals surface area (Å²) in [5, 5.41) is 0.709. The van der Waals surface area contributed by atoms with E-state index < -0.39 is 0 Å². The lowest BCUT2D eigenvalue weighted by Gasteiger charge is -2.30. The molecule has 1 aromatic heterocycles. The van der Waals surface area contributed by atoms with E-state index in [9.17, 15) is 4.79 Å². The van der Waals surface area contributed by atoms with Gasteiger partial charge in [-0.2, -0.15) is 0 Å². The molecule has 0 bridgehead atoms. The van der Waals surface area contributed by atoms with Gasteiger partial charge in [0.1, 0.15) is 0 Å². The number of halogens is 1. The Balaban J connectivity index is 1.69. The summed E-state index contributed by atoms with van der Waals surface area (Å²) in [6.07, 6.45) is 4.57. The van der Waals surface area contributed by atoms with Gasteiger partial charge in [0.05, 0.1) is 10.9 Å². The van der Waals surface area contributed by atoms with E-state index in [1.807, 2.05) is 18.0 Å². The first-order valence-electron chi connectivity index (χ1n) is 6.71. The second kappa shape index (κ2) is 5.10. The molecule has 4 nitrogen and oxygen atoms in total. The number of nitrogens with zero attached hydrogens (tertiary/aromatic N) is 3. The average Bonchev–Trinajstić information content (AvgIpc) is 2.80. The molecule has 0 aliphatic carbocycles. The topological polar surface area (TPSA) is 36.4 Å². The van der Waals surface area contributed by atoms with Crippen molar-refractivity contribution in [2.75, 3.05) is 26.7 Å². The summed E-state index contributed by atoms with van der Waals surface area (Å²) < 4.78 is 0. The third kappa shape index (κ3) is 2.47. The van der Waals surface area contributed by atoms with Gasteiger partial charge in [-0.25, -0.2) is 0 Å². The number of fused-ring (bicyclic) bond motifs is 1. The summed E-state index contributed by atoms with van der Waals surface area (Å²) in [6.45, 7) is 3.56. The number of likely N-dealkylation sites (tertiary alicyclic amines) is 2. The zero-order valence-corrected chi connectivity index (χ0v) is 11.8. The van der Waals surface area contributed by atoms with Gasteiger partial charge in [-0.05, 0) is 24.0 Å². The number of pyridine rings is 1. The molecule has 5 heteroatoms. The van der Waals surface area contributed by atoms with E-state index in [-0.39, 0.29) is 5.92 Å². The van der Waals surface area contributed by atoms with Crippen molar-refractivity contribution in [1.82, 2.24) is 14.8 Å². The van der Waals surface area contributed by atoms with Crippen LogP contribution in [-0.4, -0.2) is 47.4 Å². The molecule has 2 fully saturated rings. The zero-order chi connectivity index (χ0) is 13.4. The van der Waals surface area contributed by atoms with Gasteiger partial charge < -0.3 is 4.90 Å².